The highest BCUT2D eigenvalue weighted by atomic mass is 16.6. The Hall–Kier alpha value is -1.30. The highest BCUT2D eigenvalue weighted by Crippen LogP contribution is 2.12. The molecule has 0 saturated carbocycles. The average Bonchev–Trinajstić information content (AvgIpc) is 2.25. The summed E-state index contributed by atoms with van der Waals surface area (Å²) >= 11 is 0. The van der Waals surface area contributed by atoms with Gasteiger partial charge < -0.3 is 20.7 Å². The summed E-state index contributed by atoms with van der Waals surface area (Å²) in [7, 11) is 0. The molecule has 0 aromatic heterocycles. The first-order valence-electron chi connectivity index (χ1n) is 6.29. The second-order valence-corrected chi connectivity index (χ2v) is 5.53. The van der Waals surface area contributed by atoms with E-state index in [4.69, 9.17) is 10.5 Å². The molecule has 3 N–H and O–H groups in total. The number of carbonyl (C=O) groups is 2. The van der Waals surface area contributed by atoms with E-state index in [9.17, 15) is 9.59 Å². The van der Waals surface area contributed by atoms with Gasteiger partial charge in [-0.05, 0) is 33.6 Å². The molecular formula is C12H23N3O3. The molecule has 1 rings (SSSR count). The van der Waals surface area contributed by atoms with E-state index in [1.807, 2.05) is 20.8 Å². The van der Waals surface area contributed by atoms with Gasteiger partial charge in [0.25, 0.3) is 0 Å². The number of rotatable bonds is 2. The quantitative estimate of drug-likeness (QED) is 0.752. The lowest BCUT2D eigenvalue weighted by molar-refractivity contribution is -0.131. The molecule has 2 amide bonds. The fraction of sp³-hybridized carbons (Fsp3) is 0.833. The minimum absolute atomic E-state index is 0.0131. The maximum absolute atomic E-state index is 11.6. The smallest absolute Gasteiger partial charge is 0.407 e. The molecule has 1 aliphatic heterocycles. The minimum Gasteiger partial charge on any atom is -0.444 e. The van der Waals surface area contributed by atoms with Gasteiger partial charge in [0, 0.05) is 19.1 Å². The van der Waals surface area contributed by atoms with Crippen LogP contribution in [-0.2, 0) is 9.53 Å². The van der Waals surface area contributed by atoms with Crippen molar-refractivity contribution in [3.63, 3.8) is 0 Å². The number of carbonyl (C=O) groups excluding carboxylic acids is 2. The molecule has 1 aliphatic rings. The van der Waals surface area contributed by atoms with Gasteiger partial charge in [-0.3, -0.25) is 4.79 Å². The molecule has 0 radical (unpaired) electrons. The van der Waals surface area contributed by atoms with E-state index < -0.39 is 11.7 Å². The summed E-state index contributed by atoms with van der Waals surface area (Å²) in [6.45, 7) is 6.68. The number of nitrogens with two attached hydrogens (primary N) is 1. The standard InChI is InChI=1S/C12H23N3O3/c1-12(2,3)18-11(17)14-9-5-4-6-15(8-9)10(16)7-13/h9H,4-8,13H2,1-3H3,(H,14,17)/t9-/m1/s1. The maximum Gasteiger partial charge on any atom is 0.407 e. The highest BCUT2D eigenvalue weighted by molar-refractivity contribution is 5.78. The Morgan fingerprint density at radius 3 is 2.67 bits per heavy atom. The zero-order valence-corrected chi connectivity index (χ0v) is 11.4. The summed E-state index contributed by atoms with van der Waals surface area (Å²) in [5.74, 6) is -0.0781. The Balaban J connectivity index is 2.43. The Bertz CT molecular complexity index is 312. The molecule has 1 heterocycles. The molecule has 1 fully saturated rings. The van der Waals surface area contributed by atoms with E-state index in [2.05, 4.69) is 5.32 Å². The first kappa shape index (κ1) is 14.8. The molecule has 0 spiro atoms. The van der Waals surface area contributed by atoms with Crippen molar-refractivity contribution in [2.24, 2.45) is 5.73 Å². The van der Waals surface area contributed by atoms with Crippen LogP contribution in [0.3, 0.4) is 0 Å². The van der Waals surface area contributed by atoms with Crippen molar-refractivity contribution in [2.45, 2.75) is 45.3 Å². The van der Waals surface area contributed by atoms with E-state index >= 15 is 0 Å². The number of hydrogen-bond acceptors (Lipinski definition) is 4. The van der Waals surface area contributed by atoms with Gasteiger partial charge in [0.15, 0.2) is 0 Å². The number of hydrogen-bond donors (Lipinski definition) is 2. The SMILES string of the molecule is CC(C)(C)OC(=O)N[C@@H]1CCCN(C(=O)CN)C1. The number of likely N-dealkylation sites (tertiary alicyclic amines) is 1. The second-order valence-electron chi connectivity index (χ2n) is 5.53. The van der Waals surface area contributed by atoms with Crippen LogP contribution < -0.4 is 11.1 Å². The maximum atomic E-state index is 11.6. The van der Waals surface area contributed by atoms with Gasteiger partial charge in [0.2, 0.25) is 5.91 Å². The molecule has 0 aromatic carbocycles. The molecular weight excluding hydrogens is 234 g/mol. The van der Waals surface area contributed by atoms with Gasteiger partial charge in [0.05, 0.1) is 6.54 Å². The minimum atomic E-state index is -0.508. The van der Waals surface area contributed by atoms with Crippen LogP contribution in [0, 0.1) is 0 Å². The van der Waals surface area contributed by atoms with Crippen molar-refractivity contribution in [1.82, 2.24) is 10.2 Å². The van der Waals surface area contributed by atoms with Gasteiger partial charge in [-0.1, -0.05) is 0 Å². The largest absolute Gasteiger partial charge is 0.444 e. The molecule has 1 saturated heterocycles. The predicted octanol–water partition coefficient (Wildman–Crippen LogP) is 0.461. The molecule has 0 aromatic rings. The molecule has 6 nitrogen and oxygen atoms in total. The van der Waals surface area contributed by atoms with Crippen LogP contribution in [0.2, 0.25) is 0 Å². The van der Waals surface area contributed by atoms with Crippen LogP contribution in [0.4, 0.5) is 4.79 Å². The van der Waals surface area contributed by atoms with Gasteiger partial charge in [-0.15, -0.1) is 0 Å². The Kier molecular flexibility index (Phi) is 4.95. The van der Waals surface area contributed by atoms with Crippen LogP contribution in [0.15, 0.2) is 0 Å². The zero-order chi connectivity index (χ0) is 13.8. The van der Waals surface area contributed by atoms with Crippen LogP contribution >= 0.6 is 0 Å². The lowest BCUT2D eigenvalue weighted by Crippen LogP contribution is -2.51. The van der Waals surface area contributed by atoms with E-state index in [0.717, 1.165) is 12.8 Å². The summed E-state index contributed by atoms with van der Waals surface area (Å²) in [6, 6.07) is -0.0518. The number of ether oxygens (including phenoxy) is 1. The fourth-order valence-electron chi connectivity index (χ4n) is 1.92. The lowest BCUT2D eigenvalue weighted by Gasteiger charge is -2.33. The van der Waals surface area contributed by atoms with Gasteiger partial charge in [-0.25, -0.2) is 4.79 Å². The summed E-state index contributed by atoms with van der Waals surface area (Å²) < 4.78 is 5.18. The molecule has 104 valence electrons. The summed E-state index contributed by atoms with van der Waals surface area (Å²) in [5, 5.41) is 2.79. The number of nitrogens with zero attached hydrogens (tertiary/aromatic N) is 1. The van der Waals surface area contributed by atoms with Crippen molar-refractivity contribution < 1.29 is 14.3 Å². The molecule has 18 heavy (non-hydrogen) atoms. The molecule has 6 heteroatoms. The van der Waals surface area contributed by atoms with Crippen LogP contribution in [-0.4, -0.2) is 48.2 Å². The summed E-state index contributed by atoms with van der Waals surface area (Å²) in [5.41, 5.74) is 4.82. The van der Waals surface area contributed by atoms with Crippen molar-refractivity contribution >= 4 is 12.0 Å². The third-order valence-electron chi connectivity index (χ3n) is 2.67. The van der Waals surface area contributed by atoms with Crippen molar-refractivity contribution in [3.8, 4) is 0 Å². The van der Waals surface area contributed by atoms with Crippen molar-refractivity contribution in [3.05, 3.63) is 0 Å². The average molecular weight is 257 g/mol. The third-order valence-corrected chi connectivity index (χ3v) is 2.67. The van der Waals surface area contributed by atoms with E-state index in [-0.39, 0.29) is 18.5 Å². The topological polar surface area (TPSA) is 84.7 Å². The highest BCUT2D eigenvalue weighted by Gasteiger charge is 2.25. The zero-order valence-electron chi connectivity index (χ0n) is 11.4. The Morgan fingerprint density at radius 2 is 2.11 bits per heavy atom. The first-order chi connectivity index (χ1) is 8.31. The lowest BCUT2D eigenvalue weighted by atomic mass is 10.1. The number of piperidine rings is 1. The third kappa shape index (κ3) is 4.91. The van der Waals surface area contributed by atoms with Crippen LogP contribution in [0.25, 0.3) is 0 Å². The van der Waals surface area contributed by atoms with Crippen LogP contribution in [0.1, 0.15) is 33.6 Å². The summed E-state index contributed by atoms with van der Waals surface area (Å²) in [6.07, 6.45) is 1.29. The Morgan fingerprint density at radius 1 is 1.44 bits per heavy atom. The molecule has 1 atom stereocenters. The predicted molar refractivity (Wildman–Crippen MR) is 68.0 cm³/mol. The van der Waals surface area contributed by atoms with Gasteiger partial charge >= 0.3 is 6.09 Å². The van der Waals surface area contributed by atoms with E-state index in [0.29, 0.717) is 13.1 Å². The molecule has 0 aliphatic carbocycles. The van der Waals surface area contributed by atoms with Crippen molar-refractivity contribution in [1.29, 1.82) is 0 Å². The number of amides is 2. The molecule has 0 bridgehead atoms. The number of alkyl carbamates (subject to hydrolysis) is 1. The second kappa shape index (κ2) is 6.04. The van der Waals surface area contributed by atoms with Gasteiger partial charge in [0.1, 0.15) is 5.60 Å². The monoisotopic (exact) mass is 257 g/mol. The Labute approximate surface area is 108 Å². The van der Waals surface area contributed by atoms with Crippen LogP contribution in [0.5, 0.6) is 0 Å². The first-order valence-corrected chi connectivity index (χ1v) is 6.29. The van der Waals surface area contributed by atoms with Gasteiger partial charge in [-0.2, -0.15) is 0 Å². The summed E-state index contributed by atoms with van der Waals surface area (Å²) in [4.78, 5) is 24.8. The number of nitrogens with one attached hydrogen (secondary N) is 1. The normalized spacial score (nSPS) is 20.4. The fourth-order valence-corrected chi connectivity index (χ4v) is 1.92. The molecule has 0 unspecified atom stereocenters. The van der Waals surface area contributed by atoms with E-state index in [1.165, 1.54) is 0 Å². The van der Waals surface area contributed by atoms with E-state index in [1.54, 1.807) is 4.90 Å². The van der Waals surface area contributed by atoms with Crippen molar-refractivity contribution in [2.75, 3.05) is 19.6 Å².